The maximum absolute atomic E-state index is 3.69. The van der Waals surface area contributed by atoms with Gasteiger partial charge in [-0.2, -0.15) is 0 Å². The predicted octanol–water partition coefficient (Wildman–Crippen LogP) is 9.86. The van der Waals surface area contributed by atoms with Crippen LogP contribution >= 0.6 is 0 Å². The minimum atomic E-state index is 0.150. The summed E-state index contributed by atoms with van der Waals surface area (Å²) in [6, 6.07) is 41.1. The first kappa shape index (κ1) is 22.9. The summed E-state index contributed by atoms with van der Waals surface area (Å²) in [6.07, 6.45) is 3.66. The van der Waals surface area contributed by atoms with Crippen LogP contribution in [0.2, 0.25) is 0 Å². The number of fused-ring (bicyclic) bond motifs is 7. The first-order valence-electron chi connectivity index (χ1n) is 14.5. The number of nitrogens with zero attached hydrogens (tertiary/aromatic N) is 1. The van der Waals surface area contributed by atoms with Crippen molar-refractivity contribution in [3.63, 3.8) is 0 Å². The molecule has 0 saturated heterocycles. The molecule has 0 spiro atoms. The fraction of sp³-hybridized carbons (Fsp3) is 0.243. The average molecular weight is 507 g/mol. The number of aromatic amines is 1. The number of aromatic nitrogens is 1. The molecule has 2 heterocycles. The molecule has 2 unspecified atom stereocenters. The van der Waals surface area contributed by atoms with Crippen molar-refractivity contribution in [2.45, 2.75) is 50.5 Å². The second-order valence-corrected chi connectivity index (χ2v) is 12.3. The van der Waals surface area contributed by atoms with E-state index in [2.05, 4.69) is 133 Å². The van der Waals surface area contributed by atoms with Crippen molar-refractivity contribution >= 4 is 44.0 Å². The van der Waals surface area contributed by atoms with Crippen LogP contribution in [0.5, 0.6) is 0 Å². The van der Waals surface area contributed by atoms with E-state index < -0.39 is 0 Å². The monoisotopic (exact) mass is 506 g/mol. The van der Waals surface area contributed by atoms with E-state index >= 15 is 0 Å². The van der Waals surface area contributed by atoms with Gasteiger partial charge in [-0.05, 0) is 94.8 Å². The van der Waals surface area contributed by atoms with E-state index in [0.717, 1.165) is 0 Å². The molecule has 1 N–H and O–H groups in total. The zero-order valence-corrected chi connectivity index (χ0v) is 22.7. The largest absolute Gasteiger partial charge is 0.354 e. The standard InChI is InChI=1S/C37H34N2/c1-37(2)30-14-8-9-15-34(30)39(27-11-4-3-5-12-27)35-23-26(16-19-31(35)37)25-18-20-32-29(22-25)36-28-13-7-6-10-24(28)17-21-33(36)38-32/h3-15,17-18,20-22,26,31,35,38H,16,19,23H2,1-2H3/t26?,31?,35-/m1/s1. The van der Waals surface area contributed by atoms with Crippen LogP contribution in [-0.4, -0.2) is 11.0 Å². The Morgan fingerprint density at radius 3 is 2.38 bits per heavy atom. The van der Waals surface area contributed by atoms with Gasteiger partial charge in [0.2, 0.25) is 0 Å². The molecule has 3 atom stereocenters. The fourth-order valence-corrected chi connectivity index (χ4v) is 8.05. The van der Waals surface area contributed by atoms with Gasteiger partial charge in [0.05, 0.1) is 0 Å². The fourth-order valence-electron chi connectivity index (χ4n) is 8.05. The molecular weight excluding hydrogens is 472 g/mol. The van der Waals surface area contributed by atoms with Gasteiger partial charge in [-0.15, -0.1) is 0 Å². The summed E-state index contributed by atoms with van der Waals surface area (Å²) in [5.41, 5.74) is 8.28. The van der Waals surface area contributed by atoms with Crippen molar-refractivity contribution < 1.29 is 0 Å². The van der Waals surface area contributed by atoms with Crippen molar-refractivity contribution in [3.8, 4) is 0 Å². The highest BCUT2D eigenvalue weighted by Gasteiger charge is 2.48. The summed E-state index contributed by atoms with van der Waals surface area (Å²) in [6.45, 7) is 4.96. The Balaban J connectivity index is 1.25. The van der Waals surface area contributed by atoms with Crippen LogP contribution in [0.4, 0.5) is 11.4 Å². The van der Waals surface area contributed by atoms with Crippen LogP contribution in [0.3, 0.4) is 0 Å². The SMILES string of the molecule is CC1(C)c2ccccc2N(c2ccccc2)[C@@H]2CC(c3ccc4[nH]c5ccc6ccccc6c5c4c3)CCC21. The maximum atomic E-state index is 3.69. The molecular formula is C37H34N2. The van der Waals surface area contributed by atoms with Crippen molar-refractivity contribution in [2.24, 2.45) is 5.92 Å². The van der Waals surface area contributed by atoms with E-state index in [1.165, 1.54) is 74.3 Å². The van der Waals surface area contributed by atoms with Crippen LogP contribution in [0.15, 0.2) is 109 Å². The normalized spacial score (nSPS) is 22.2. The van der Waals surface area contributed by atoms with E-state index in [-0.39, 0.29) is 5.41 Å². The molecule has 2 aliphatic rings. The Labute approximate surface area is 230 Å². The smallest absolute Gasteiger partial charge is 0.0471 e. The lowest BCUT2D eigenvalue weighted by atomic mass is 9.59. The number of hydrogen-bond donors (Lipinski definition) is 1. The Hall–Kier alpha value is -4.04. The summed E-state index contributed by atoms with van der Waals surface area (Å²) in [5, 5.41) is 5.36. The minimum Gasteiger partial charge on any atom is -0.354 e. The summed E-state index contributed by atoms with van der Waals surface area (Å²) < 4.78 is 0. The molecule has 1 fully saturated rings. The van der Waals surface area contributed by atoms with E-state index in [1.807, 2.05) is 0 Å². The molecule has 1 saturated carbocycles. The van der Waals surface area contributed by atoms with Crippen LogP contribution < -0.4 is 4.90 Å². The van der Waals surface area contributed by atoms with E-state index in [1.54, 1.807) is 0 Å². The van der Waals surface area contributed by atoms with E-state index in [9.17, 15) is 0 Å². The maximum Gasteiger partial charge on any atom is 0.0471 e. The molecule has 6 aromatic rings. The van der Waals surface area contributed by atoms with E-state index in [0.29, 0.717) is 17.9 Å². The average Bonchev–Trinajstić information content (AvgIpc) is 3.36. The Kier molecular flexibility index (Phi) is 4.98. The molecule has 1 aromatic heterocycles. The number of benzene rings is 5. The van der Waals surface area contributed by atoms with Gasteiger partial charge in [-0.25, -0.2) is 0 Å². The molecule has 0 bridgehead atoms. The molecule has 5 aromatic carbocycles. The summed E-state index contributed by atoms with van der Waals surface area (Å²) in [4.78, 5) is 6.36. The second-order valence-electron chi connectivity index (χ2n) is 12.3. The number of H-pyrrole nitrogens is 1. The summed E-state index contributed by atoms with van der Waals surface area (Å²) >= 11 is 0. The second kappa shape index (κ2) is 8.48. The minimum absolute atomic E-state index is 0.150. The third-order valence-electron chi connectivity index (χ3n) is 9.95. The van der Waals surface area contributed by atoms with Gasteiger partial charge < -0.3 is 9.88 Å². The van der Waals surface area contributed by atoms with Gasteiger partial charge in [0.1, 0.15) is 0 Å². The molecule has 1 aliphatic heterocycles. The van der Waals surface area contributed by atoms with Gasteiger partial charge >= 0.3 is 0 Å². The number of rotatable bonds is 2. The number of nitrogens with one attached hydrogen (secondary N) is 1. The molecule has 192 valence electrons. The van der Waals surface area contributed by atoms with Crippen LogP contribution in [0.1, 0.15) is 50.2 Å². The highest BCUT2D eigenvalue weighted by molar-refractivity contribution is 6.20. The zero-order valence-electron chi connectivity index (χ0n) is 22.7. The van der Waals surface area contributed by atoms with Crippen LogP contribution in [0.25, 0.3) is 32.6 Å². The molecule has 8 rings (SSSR count). The summed E-state index contributed by atoms with van der Waals surface area (Å²) in [5.74, 6) is 1.16. The van der Waals surface area contributed by atoms with Crippen molar-refractivity contribution in [1.29, 1.82) is 0 Å². The Bertz CT molecular complexity index is 1840. The molecule has 39 heavy (non-hydrogen) atoms. The number of anilines is 2. The lowest BCUT2D eigenvalue weighted by molar-refractivity contribution is 0.176. The van der Waals surface area contributed by atoms with Gasteiger partial charge in [-0.1, -0.05) is 86.6 Å². The Morgan fingerprint density at radius 1 is 0.718 bits per heavy atom. The molecule has 0 radical (unpaired) electrons. The topological polar surface area (TPSA) is 19.0 Å². The number of para-hydroxylation sites is 2. The Morgan fingerprint density at radius 2 is 1.49 bits per heavy atom. The third kappa shape index (κ3) is 3.40. The van der Waals surface area contributed by atoms with E-state index in [4.69, 9.17) is 0 Å². The number of hydrogen-bond acceptors (Lipinski definition) is 1. The van der Waals surface area contributed by atoms with Crippen molar-refractivity contribution in [3.05, 3.63) is 120 Å². The summed E-state index contributed by atoms with van der Waals surface area (Å²) in [7, 11) is 0. The predicted molar refractivity (Wildman–Crippen MR) is 165 cm³/mol. The van der Waals surface area contributed by atoms with Crippen molar-refractivity contribution in [1.82, 2.24) is 4.98 Å². The lowest BCUT2D eigenvalue weighted by Gasteiger charge is -2.55. The van der Waals surface area contributed by atoms with Gasteiger partial charge in [-0.3, -0.25) is 0 Å². The molecule has 0 amide bonds. The highest BCUT2D eigenvalue weighted by Crippen LogP contribution is 2.55. The molecule has 2 nitrogen and oxygen atoms in total. The zero-order chi connectivity index (χ0) is 26.1. The molecule has 1 aliphatic carbocycles. The first-order chi connectivity index (χ1) is 19.1. The van der Waals surface area contributed by atoms with Gasteiger partial charge in [0, 0.05) is 39.2 Å². The van der Waals surface area contributed by atoms with Crippen molar-refractivity contribution in [2.75, 3.05) is 4.90 Å². The van der Waals surface area contributed by atoms with Crippen LogP contribution in [-0.2, 0) is 5.41 Å². The van der Waals surface area contributed by atoms with Gasteiger partial charge in [0.25, 0.3) is 0 Å². The van der Waals surface area contributed by atoms with Crippen LogP contribution in [0, 0.1) is 5.92 Å². The lowest BCUT2D eigenvalue weighted by Crippen LogP contribution is -2.53. The molecule has 2 heteroatoms. The highest BCUT2D eigenvalue weighted by atomic mass is 15.2. The quantitative estimate of drug-likeness (QED) is 0.248. The van der Waals surface area contributed by atoms with Gasteiger partial charge in [0.15, 0.2) is 0 Å². The third-order valence-corrected chi connectivity index (χ3v) is 9.95. The first-order valence-corrected chi connectivity index (χ1v) is 14.5.